The van der Waals surface area contributed by atoms with Gasteiger partial charge in [-0.25, -0.2) is 4.39 Å². The molecular formula is C30H27Cl2FN6O2S. The topological polar surface area (TPSA) is 111 Å². The third-order valence-corrected chi connectivity index (χ3v) is 10.0. The Balaban J connectivity index is 1.27. The first-order valence-corrected chi connectivity index (χ1v) is 15.3. The van der Waals surface area contributed by atoms with Gasteiger partial charge in [-0.3, -0.25) is 24.9 Å². The molecule has 8 nitrogen and oxygen atoms in total. The molecule has 2 aromatic heterocycles. The van der Waals surface area contributed by atoms with E-state index in [1.807, 2.05) is 37.3 Å². The van der Waals surface area contributed by atoms with Crippen LogP contribution in [0.3, 0.4) is 0 Å². The van der Waals surface area contributed by atoms with Crippen molar-refractivity contribution in [3.8, 4) is 17.2 Å². The Morgan fingerprint density at radius 3 is 2.55 bits per heavy atom. The zero-order valence-electron chi connectivity index (χ0n) is 22.7. The molecule has 1 aliphatic carbocycles. The molecule has 2 N–H and O–H groups in total. The van der Waals surface area contributed by atoms with Crippen molar-refractivity contribution in [1.29, 1.82) is 5.26 Å². The number of hydrogen-bond donors (Lipinski definition) is 2. The van der Waals surface area contributed by atoms with E-state index in [0.717, 1.165) is 27.8 Å². The number of hydrogen-bond acceptors (Lipinski definition) is 7. The summed E-state index contributed by atoms with van der Waals surface area (Å²) in [6.07, 6.45) is 4.87. The Morgan fingerprint density at radius 2 is 1.93 bits per heavy atom. The van der Waals surface area contributed by atoms with Crippen LogP contribution in [0, 0.1) is 24.1 Å². The van der Waals surface area contributed by atoms with E-state index in [-0.39, 0.29) is 28.4 Å². The number of likely N-dealkylation sites (tertiary alicyclic amines) is 1. The van der Waals surface area contributed by atoms with Crippen LogP contribution >= 0.6 is 35.0 Å². The first kappa shape index (κ1) is 28.9. The molecule has 3 aromatic rings. The van der Waals surface area contributed by atoms with Gasteiger partial charge in [0.1, 0.15) is 28.6 Å². The number of nitriles is 1. The summed E-state index contributed by atoms with van der Waals surface area (Å²) in [5.74, 6) is -1.51. The molecule has 1 saturated carbocycles. The third kappa shape index (κ3) is 5.35. The monoisotopic (exact) mass is 624 g/mol. The molecule has 12 heteroatoms. The number of aryl methyl sites for hydroxylation is 1. The molecule has 0 spiro atoms. The first-order valence-electron chi connectivity index (χ1n) is 13.6. The van der Waals surface area contributed by atoms with Crippen molar-refractivity contribution in [3.63, 3.8) is 0 Å². The maximum Gasteiger partial charge on any atom is 0.249 e. The quantitative estimate of drug-likeness (QED) is 0.380. The summed E-state index contributed by atoms with van der Waals surface area (Å²) in [5.41, 5.74) is 0.525. The van der Waals surface area contributed by atoms with Crippen molar-refractivity contribution < 1.29 is 14.0 Å². The second kappa shape index (κ2) is 11.1. The largest absolute Gasteiger partial charge is 0.336 e. The molecular weight excluding hydrogens is 598 g/mol. The Bertz CT molecular complexity index is 1620. The van der Waals surface area contributed by atoms with Gasteiger partial charge in [-0.1, -0.05) is 29.3 Å². The second-order valence-corrected chi connectivity index (χ2v) is 13.2. The zero-order valence-corrected chi connectivity index (χ0v) is 25.0. The van der Waals surface area contributed by atoms with Gasteiger partial charge in [0.05, 0.1) is 16.1 Å². The molecule has 1 aromatic carbocycles. The molecule has 0 bridgehead atoms. The average Bonchev–Trinajstić information content (AvgIpc) is 3.58. The molecule has 2 aliphatic heterocycles. The average molecular weight is 626 g/mol. The van der Waals surface area contributed by atoms with E-state index in [1.165, 1.54) is 22.9 Å². The third-order valence-electron chi connectivity index (χ3n) is 8.11. The van der Waals surface area contributed by atoms with Gasteiger partial charge in [0.15, 0.2) is 0 Å². The van der Waals surface area contributed by atoms with Crippen molar-refractivity contribution in [1.82, 2.24) is 25.5 Å². The molecule has 2 saturated heterocycles. The molecule has 3 aliphatic rings. The van der Waals surface area contributed by atoms with Gasteiger partial charge in [0, 0.05) is 34.8 Å². The summed E-state index contributed by atoms with van der Waals surface area (Å²) in [5, 5.41) is 16.0. The maximum absolute atomic E-state index is 15.0. The van der Waals surface area contributed by atoms with Gasteiger partial charge in [0.2, 0.25) is 11.8 Å². The highest BCUT2D eigenvalue weighted by molar-refractivity contribution is 8.00. The summed E-state index contributed by atoms with van der Waals surface area (Å²) in [6.45, 7) is 2.66. The predicted octanol–water partition coefficient (Wildman–Crippen LogP) is 5.02. The molecule has 216 valence electrons. The van der Waals surface area contributed by atoms with Crippen molar-refractivity contribution in [3.05, 3.63) is 76.0 Å². The smallest absolute Gasteiger partial charge is 0.249 e. The van der Waals surface area contributed by atoms with Gasteiger partial charge in [-0.2, -0.15) is 5.26 Å². The van der Waals surface area contributed by atoms with E-state index in [1.54, 1.807) is 6.20 Å². The van der Waals surface area contributed by atoms with Crippen LogP contribution in [0.4, 0.5) is 4.39 Å². The van der Waals surface area contributed by atoms with Crippen molar-refractivity contribution in [2.75, 3.05) is 13.1 Å². The molecule has 3 fully saturated rings. The van der Waals surface area contributed by atoms with Crippen molar-refractivity contribution >= 4 is 46.8 Å². The lowest BCUT2D eigenvalue weighted by molar-refractivity contribution is -0.147. The van der Waals surface area contributed by atoms with E-state index >= 15 is 4.39 Å². The van der Waals surface area contributed by atoms with Crippen LogP contribution in [0.1, 0.15) is 37.1 Å². The number of amides is 2. The SMILES string of the molecule is Cc1cc(-c2ccc(SC3C[C@@H](C(=O)NC4(C#N)CC4)N(C(=O)C4(c5ncc(Cl)cc5F)CCN4)C3)c(Cl)c2)ccn1. The fraction of sp³-hybridized carbons (Fsp3) is 0.367. The fourth-order valence-corrected chi connectivity index (χ4v) is 7.23. The van der Waals surface area contributed by atoms with Crippen LogP contribution in [-0.2, 0) is 15.1 Å². The van der Waals surface area contributed by atoms with Crippen LogP contribution in [0.15, 0.2) is 53.7 Å². The van der Waals surface area contributed by atoms with E-state index in [9.17, 15) is 14.9 Å². The Labute approximate surface area is 257 Å². The predicted molar refractivity (Wildman–Crippen MR) is 158 cm³/mol. The summed E-state index contributed by atoms with van der Waals surface area (Å²) in [4.78, 5) is 38.5. The lowest BCUT2D eigenvalue weighted by Crippen LogP contribution is -2.66. The molecule has 2 unspecified atom stereocenters. The molecule has 42 heavy (non-hydrogen) atoms. The standard InChI is InChI=1S/C30H27Cl2FN6O2S/c1-17-10-19(4-8-35-17)18-2-3-25(22(32)11-18)42-21-13-24(27(40)38-29(16-34)5-6-29)39(15-21)28(41)30(7-9-37-30)26-23(33)12-20(31)14-36-26/h2-4,8,10-12,14,21,24,37H,5-7,9,13,15H2,1H3,(H,38,40)/t21?,24-,30?/m0/s1. The number of rotatable bonds is 7. The number of carbonyl (C=O) groups excluding carboxylic acids is 2. The number of pyridine rings is 2. The number of thioether (sulfide) groups is 1. The van der Waals surface area contributed by atoms with Gasteiger partial charge in [0.25, 0.3) is 0 Å². The molecule has 4 heterocycles. The van der Waals surface area contributed by atoms with Gasteiger partial charge in [-0.15, -0.1) is 11.8 Å². The number of nitrogens with one attached hydrogen (secondary N) is 2. The minimum Gasteiger partial charge on any atom is -0.336 e. The number of aromatic nitrogens is 2. The van der Waals surface area contributed by atoms with Crippen molar-refractivity contribution in [2.24, 2.45) is 0 Å². The minimum atomic E-state index is -1.40. The lowest BCUT2D eigenvalue weighted by Gasteiger charge is -2.44. The van der Waals surface area contributed by atoms with Gasteiger partial charge >= 0.3 is 0 Å². The number of carbonyl (C=O) groups is 2. The molecule has 2 amide bonds. The van der Waals surface area contributed by atoms with E-state index in [4.69, 9.17) is 23.2 Å². The summed E-state index contributed by atoms with van der Waals surface area (Å²) in [6, 6.07) is 12.2. The van der Waals surface area contributed by atoms with Crippen LogP contribution in [0.2, 0.25) is 10.0 Å². The van der Waals surface area contributed by atoms with E-state index < -0.39 is 28.8 Å². The highest BCUT2D eigenvalue weighted by Crippen LogP contribution is 2.42. The minimum absolute atomic E-state index is 0.0425. The molecule has 3 atom stereocenters. The van der Waals surface area contributed by atoms with Crippen molar-refractivity contribution in [2.45, 2.75) is 59.9 Å². The molecule has 6 rings (SSSR count). The summed E-state index contributed by atoms with van der Waals surface area (Å²) in [7, 11) is 0. The fourth-order valence-electron chi connectivity index (χ4n) is 5.58. The first-order chi connectivity index (χ1) is 20.1. The van der Waals surface area contributed by atoms with Crippen LogP contribution < -0.4 is 10.6 Å². The lowest BCUT2D eigenvalue weighted by atomic mass is 9.82. The number of nitrogens with zero attached hydrogens (tertiary/aromatic N) is 4. The highest BCUT2D eigenvalue weighted by Gasteiger charge is 2.55. The second-order valence-electron chi connectivity index (χ2n) is 11.0. The number of halogens is 3. The Morgan fingerprint density at radius 1 is 1.17 bits per heavy atom. The molecule has 0 radical (unpaired) electrons. The Kier molecular flexibility index (Phi) is 7.64. The van der Waals surface area contributed by atoms with E-state index in [0.29, 0.717) is 37.3 Å². The van der Waals surface area contributed by atoms with Gasteiger partial charge < -0.3 is 10.2 Å². The normalized spacial score (nSPS) is 24.0. The number of benzene rings is 1. The summed E-state index contributed by atoms with van der Waals surface area (Å²) >= 11 is 14.1. The van der Waals surface area contributed by atoms with E-state index in [2.05, 4.69) is 26.7 Å². The zero-order chi connectivity index (χ0) is 29.6. The van der Waals surface area contributed by atoms with Gasteiger partial charge in [-0.05, 0) is 80.6 Å². The van der Waals surface area contributed by atoms with Crippen LogP contribution in [0.5, 0.6) is 0 Å². The van der Waals surface area contributed by atoms with Crippen LogP contribution in [0.25, 0.3) is 11.1 Å². The Hall–Kier alpha value is -3.23. The summed E-state index contributed by atoms with van der Waals surface area (Å²) < 4.78 is 15.0. The highest BCUT2D eigenvalue weighted by atomic mass is 35.5. The maximum atomic E-state index is 15.0. The van der Waals surface area contributed by atoms with Crippen LogP contribution in [-0.4, -0.2) is 56.6 Å².